The standard InChI is InChI=1S/C57H38N4/c1-37-48(21-12-32-58-37)41-28-26-39(27-29-41)38-22-24-40(25-23-38)45-33-46(44-30-31-53-51-19-9-8-17-49(51)50-18-10-11-20-52(50)54(53)36-44)35-47(34-45)57-60-55(42-13-4-2-5-14-42)59-56(61-57)43-15-6-3-7-16-43/h2-36H,1H3. The number of hydrogen-bond acceptors (Lipinski definition) is 4. The Morgan fingerprint density at radius 3 is 1.18 bits per heavy atom. The van der Waals surface area contributed by atoms with Gasteiger partial charge < -0.3 is 0 Å². The normalized spacial score (nSPS) is 11.4. The van der Waals surface area contributed by atoms with Crippen molar-refractivity contribution < 1.29 is 0 Å². The zero-order valence-corrected chi connectivity index (χ0v) is 33.5. The number of hydrogen-bond donors (Lipinski definition) is 0. The van der Waals surface area contributed by atoms with Crippen LogP contribution >= 0.6 is 0 Å². The van der Waals surface area contributed by atoms with Crippen LogP contribution in [0.3, 0.4) is 0 Å². The summed E-state index contributed by atoms with van der Waals surface area (Å²) in [5.74, 6) is 1.89. The molecule has 0 bridgehead atoms. The van der Waals surface area contributed by atoms with Crippen LogP contribution in [-0.2, 0) is 0 Å². The van der Waals surface area contributed by atoms with E-state index >= 15 is 0 Å². The number of aryl methyl sites for hydroxylation is 1. The third kappa shape index (κ3) is 6.80. The van der Waals surface area contributed by atoms with Crippen molar-refractivity contribution in [2.75, 3.05) is 0 Å². The summed E-state index contributed by atoms with van der Waals surface area (Å²) in [5, 5.41) is 7.49. The van der Waals surface area contributed by atoms with Crippen molar-refractivity contribution in [2.24, 2.45) is 0 Å². The molecule has 286 valence electrons. The van der Waals surface area contributed by atoms with Crippen molar-refractivity contribution in [1.82, 2.24) is 19.9 Å². The predicted molar refractivity (Wildman–Crippen MR) is 253 cm³/mol. The lowest BCUT2D eigenvalue weighted by molar-refractivity contribution is 1.07. The fraction of sp³-hybridized carbons (Fsp3) is 0.0175. The second kappa shape index (κ2) is 15.3. The summed E-state index contributed by atoms with van der Waals surface area (Å²) in [4.78, 5) is 19.8. The number of benzene rings is 9. The van der Waals surface area contributed by atoms with Crippen molar-refractivity contribution >= 4 is 32.3 Å². The average Bonchev–Trinajstić information content (AvgIpc) is 3.34. The Hall–Kier alpha value is -8.08. The van der Waals surface area contributed by atoms with E-state index < -0.39 is 0 Å². The minimum absolute atomic E-state index is 0.619. The fourth-order valence-electron chi connectivity index (χ4n) is 8.60. The van der Waals surface area contributed by atoms with Crippen LogP contribution in [0.5, 0.6) is 0 Å². The maximum absolute atomic E-state index is 5.16. The van der Waals surface area contributed by atoms with Gasteiger partial charge in [0.05, 0.1) is 0 Å². The smallest absolute Gasteiger partial charge is 0.164 e. The van der Waals surface area contributed by atoms with Crippen molar-refractivity contribution in [3.63, 3.8) is 0 Å². The maximum atomic E-state index is 5.16. The van der Waals surface area contributed by atoms with Crippen LogP contribution in [0.25, 0.3) is 111 Å². The van der Waals surface area contributed by atoms with Crippen LogP contribution in [0.4, 0.5) is 0 Å². The highest BCUT2D eigenvalue weighted by molar-refractivity contribution is 6.25. The Bertz CT molecular complexity index is 3300. The average molecular weight is 779 g/mol. The van der Waals surface area contributed by atoms with E-state index in [2.05, 4.69) is 151 Å². The maximum Gasteiger partial charge on any atom is 0.164 e. The van der Waals surface area contributed by atoms with Gasteiger partial charge in [0, 0.05) is 34.1 Å². The first-order chi connectivity index (χ1) is 30.1. The van der Waals surface area contributed by atoms with E-state index in [0.29, 0.717) is 17.5 Å². The minimum Gasteiger partial charge on any atom is -0.261 e. The number of nitrogens with zero attached hydrogens (tertiary/aromatic N) is 4. The first kappa shape index (κ1) is 36.0. The first-order valence-corrected chi connectivity index (χ1v) is 20.6. The van der Waals surface area contributed by atoms with Crippen LogP contribution in [0.2, 0.25) is 0 Å². The SMILES string of the molecule is Cc1ncccc1-c1ccc(-c2ccc(-c3cc(-c4ccc5c6ccccc6c6ccccc6c5c4)cc(-c4nc(-c5ccccc5)nc(-c5ccccc5)n4)c3)cc2)cc1. The summed E-state index contributed by atoms with van der Waals surface area (Å²) in [6, 6.07) is 73.1. The van der Waals surface area contributed by atoms with Crippen molar-refractivity contribution in [1.29, 1.82) is 0 Å². The molecular formula is C57H38N4. The number of aromatic nitrogens is 4. The number of fused-ring (bicyclic) bond motifs is 6. The second-order valence-electron chi connectivity index (χ2n) is 15.5. The monoisotopic (exact) mass is 778 g/mol. The highest BCUT2D eigenvalue weighted by Crippen LogP contribution is 2.39. The summed E-state index contributed by atoms with van der Waals surface area (Å²) in [5.41, 5.74) is 12.8. The molecule has 0 unspecified atom stereocenters. The van der Waals surface area contributed by atoms with E-state index in [9.17, 15) is 0 Å². The zero-order valence-electron chi connectivity index (χ0n) is 33.5. The summed E-state index contributed by atoms with van der Waals surface area (Å²) in [6.45, 7) is 2.05. The molecule has 0 saturated carbocycles. The highest BCUT2D eigenvalue weighted by Gasteiger charge is 2.16. The minimum atomic E-state index is 0.619. The van der Waals surface area contributed by atoms with Crippen molar-refractivity contribution in [3.8, 4) is 78.7 Å². The Morgan fingerprint density at radius 2 is 0.656 bits per heavy atom. The molecule has 11 rings (SSSR count). The predicted octanol–water partition coefficient (Wildman–Crippen LogP) is 14.7. The molecule has 9 aromatic carbocycles. The first-order valence-electron chi connectivity index (χ1n) is 20.6. The van der Waals surface area contributed by atoms with Gasteiger partial charge in [-0.3, -0.25) is 4.98 Å². The zero-order chi connectivity index (χ0) is 40.7. The van der Waals surface area contributed by atoms with Crippen LogP contribution < -0.4 is 0 Å². The Kier molecular flexibility index (Phi) is 9.02. The topological polar surface area (TPSA) is 51.6 Å². The highest BCUT2D eigenvalue weighted by atomic mass is 15.0. The molecule has 61 heavy (non-hydrogen) atoms. The molecule has 0 aliphatic carbocycles. The third-order valence-corrected chi connectivity index (χ3v) is 11.7. The summed E-state index contributed by atoms with van der Waals surface area (Å²) in [7, 11) is 0. The largest absolute Gasteiger partial charge is 0.261 e. The van der Waals surface area contributed by atoms with Crippen LogP contribution in [0.1, 0.15) is 5.69 Å². The molecular weight excluding hydrogens is 741 g/mol. The van der Waals surface area contributed by atoms with E-state index in [-0.39, 0.29) is 0 Å². The quantitative estimate of drug-likeness (QED) is 0.151. The molecule has 0 saturated heterocycles. The van der Waals surface area contributed by atoms with E-state index in [0.717, 1.165) is 66.9 Å². The molecule has 0 spiro atoms. The van der Waals surface area contributed by atoms with Crippen LogP contribution in [0.15, 0.2) is 212 Å². The molecule has 2 heterocycles. The van der Waals surface area contributed by atoms with Crippen molar-refractivity contribution in [2.45, 2.75) is 6.92 Å². The van der Waals surface area contributed by atoms with Gasteiger partial charge in [-0.2, -0.15) is 0 Å². The number of rotatable bonds is 7. The Balaban J connectivity index is 1.07. The fourth-order valence-corrected chi connectivity index (χ4v) is 8.60. The summed E-state index contributed by atoms with van der Waals surface area (Å²) in [6.07, 6.45) is 1.84. The van der Waals surface area contributed by atoms with E-state index in [4.69, 9.17) is 15.0 Å². The molecule has 11 aromatic rings. The van der Waals surface area contributed by atoms with Gasteiger partial charge in [0.2, 0.25) is 0 Å². The Labute approximate surface area is 354 Å². The molecule has 0 N–H and O–H groups in total. The molecule has 0 aliphatic heterocycles. The van der Waals surface area contributed by atoms with Gasteiger partial charge >= 0.3 is 0 Å². The van der Waals surface area contributed by atoms with E-state index in [1.807, 2.05) is 72.9 Å². The van der Waals surface area contributed by atoms with Gasteiger partial charge in [-0.25, -0.2) is 15.0 Å². The van der Waals surface area contributed by atoms with E-state index in [1.165, 1.54) is 32.3 Å². The molecule has 0 aliphatic rings. The van der Waals surface area contributed by atoms with E-state index in [1.54, 1.807) is 0 Å². The van der Waals surface area contributed by atoms with Gasteiger partial charge in [-0.05, 0) is 109 Å². The lowest BCUT2D eigenvalue weighted by Crippen LogP contribution is -2.00. The second-order valence-corrected chi connectivity index (χ2v) is 15.5. The molecule has 4 heteroatoms. The molecule has 0 amide bonds. The molecule has 0 fully saturated rings. The van der Waals surface area contributed by atoms with Gasteiger partial charge in [0.15, 0.2) is 17.5 Å². The van der Waals surface area contributed by atoms with Crippen molar-refractivity contribution in [3.05, 3.63) is 218 Å². The van der Waals surface area contributed by atoms with Gasteiger partial charge in [-0.1, -0.05) is 176 Å². The van der Waals surface area contributed by atoms with Gasteiger partial charge in [-0.15, -0.1) is 0 Å². The van der Waals surface area contributed by atoms with Crippen LogP contribution in [-0.4, -0.2) is 19.9 Å². The molecule has 0 atom stereocenters. The lowest BCUT2D eigenvalue weighted by atomic mass is 9.90. The molecule has 4 nitrogen and oxygen atoms in total. The summed E-state index contributed by atoms with van der Waals surface area (Å²) < 4.78 is 0. The third-order valence-electron chi connectivity index (χ3n) is 11.7. The summed E-state index contributed by atoms with van der Waals surface area (Å²) >= 11 is 0. The number of pyridine rings is 1. The van der Waals surface area contributed by atoms with Crippen LogP contribution in [0, 0.1) is 6.92 Å². The van der Waals surface area contributed by atoms with Gasteiger partial charge in [0.1, 0.15) is 0 Å². The molecule has 2 aromatic heterocycles. The van der Waals surface area contributed by atoms with Gasteiger partial charge in [0.25, 0.3) is 0 Å². The Morgan fingerprint density at radius 1 is 0.262 bits per heavy atom. The molecule has 0 radical (unpaired) electrons. The lowest BCUT2D eigenvalue weighted by Gasteiger charge is -2.15.